The topological polar surface area (TPSA) is 47.6 Å². The predicted octanol–water partition coefficient (Wildman–Crippen LogP) is 3.06. The van der Waals surface area contributed by atoms with Gasteiger partial charge in [-0.05, 0) is 22.3 Å². The van der Waals surface area contributed by atoms with Crippen LogP contribution in [0.3, 0.4) is 0 Å². The summed E-state index contributed by atoms with van der Waals surface area (Å²) in [6.07, 6.45) is -0.561. The van der Waals surface area contributed by atoms with Crippen LogP contribution in [0.4, 0.5) is 4.79 Å². The van der Waals surface area contributed by atoms with Gasteiger partial charge in [-0.1, -0.05) is 81.4 Å². The van der Waals surface area contributed by atoms with E-state index in [0.29, 0.717) is 6.61 Å². The first kappa shape index (κ1) is 18.7. The summed E-state index contributed by atoms with van der Waals surface area (Å²) in [6, 6.07) is 20.9. The SMILES string of the molecule is C[C@@H]1OC(=O)N[C@H]1CO[Si](c1ccccc1)(c1ccccc1)C(C)(C)C. The fraction of sp³-hybridized carbons (Fsp3) is 0.381. The first-order valence-corrected chi connectivity index (χ1v) is 11.0. The van der Waals surface area contributed by atoms with Crippen molar-refractivity contribution in [2.75, 3.05) is 6.61 Å². The summed E-state index contributed by atoms with van der Waals surface area (Å²) >= 11 is 0. The monoisotopic (exact) mass is 369 g/mol. The van der Waals surface area contributed by atoms with Gasteiger partial charge in [-0.3, -0.25) is 0 Å². The second kappa shape index (κ2) is 7.25. The van der Waals surface area contributed by atoms with Crippen LogP contribution in [-0.4, -0.2) is 33.2 Å². The zero-order valence-electron chi connectivity index (χ0n) is 15.9. The van der Waals surface area contributed by atoms with Crippen LogP contribution in [0.1, 0.15) is 27.7 Å². The van der Waals surface area contributed by atoms with Gasteiger partial charge in [0.1, 0.15) is 6.10 Å². The Morgan fingerprint density at radius 3 is 1.88 bits per heavy atom. The van der Waals surface area contributed by atoms with Crippen molar-refractivity contribution in [3.05, 3.63) is 60.7 Å². The highest BCUT2D eigenvalue weighted by Gasteiger charge is 2.51. The number of benzene rings is 2. The number of carbonyl (C=O) groups is 1. The van der Waals surface area contributed by atoms with E-state index in [0.717, 1.165) is 0 Å². The van der Waals surface area contributed by atoms with Gasteiger partial charge in [-0.15, -0.1) is 0 Å². The fourth-order valence-electron chi connectivity index (χ4n) is 3.71. The van der Waals surface area contributed by atoms with Crippen molar-refractivity contribution in [3.8, 4) is 0 Å². The summed E-state index contributed by atoms with van der Waals surface area (Å²) in [7, 11) is -2.58. The highest BCUT2D eigenvalue weighted by Crippen LogP contribution is 2.37. The van der Waals surface area contributed by atoms with Crippen molar-refractivity contribution in [1.82, 2.24) is 5.32 Å². The third-order valence-corrected chi connectivity index (χ3v) is 10.1. The number of nitrogens with one attached hydrogen (secondary N) is 1. The summed E-state index contributed by atoms with van der Waals surface area (Å²) in [5.41, 5.74) is 0. The Morgan fingerprint density at radius 1 is 1.00 bits per heavy atom. The molecule has 0 spiro atoms. The first-order valence-electron chi connectivity index (χ1n) is 9.07. The third kappa shape index (κ3) is 3.41. The van der Waals surface area contributed by atoms with Gasteiger partial charge in [0.15, 0.2) is 0 Å². The van der Waals surface area contributed by atoms with Gasteiger partial charge in [0.2, 0.25) is 0 Å². The summed E-state index contributed by atoms with van der Waals surface area (Å²) in [4.78, 5) is 11.5. The molecule has 1 aliphatic heterocycles. The zero-order chi connectivity index (χ0) is 18.8. The molecule has 5 heteroatoms. The molecule has 1 heterocycles. The molecule has 2 aromatic carbocycles. The molecule has 1 N–H and O–H groups in total. The van der Waals surface area contributed by atoms with Crippen LogP contribution in [0, 0.1) is 0 Å². The number of cyclic esters (lactones) is 1. The molecular formula is C21H27NO3Si. The van der Waals surface area contributed by atoms with Crippen LogP contribution in [-0.2, 0) is 9.16 Å². The van der Waals surface area contributed by atoms with E-state index in [1.54, 1.807) is 0 Å². The lowest BCUT2D eigenvalue weighted by Gasteiger charge is -2.43. The van der Waals surface area contributed by atoms with Crippen molar-refractivity contribution in [3.63, 3.8) is 0 Å². The minimum atomic E-state index is -2.58. The van der Waals surface area contributed by atoms with Crippen molar-refractivity contribution in [2.45, 2.75) is 44.9 Å². The number of amides is 1. The molecular weight excluding hydrogens is 342 g/mol. The molecule has 3 rings (SSSR count). The van der Waals surface area contributed by atoms with Gasteiger partial charge in [0.05, 0.1) is 12.6 Å². The van der Waals surface area contributed by atoms with Crippen LogP contribution >= 0.6 is 0 Å². The zero-order valence-corrected chi connectivity index (χ0v) is 16.9. The van der Waals surface area contributed by atoms with E-state index in [1.807, 2.05) is 19.1 Å². The number of ether oxygens (including phenoxy) is 1. The molecule has 138 valence electrons. The summed E-state index contributed by atoms with van der Waals surface area (Å²) in [5.74, 6) is 0. The average molecular weight is 370 g/mol. The fourth-order valence-corrected chi connectivity index (χ4v) is 8.29. The second-order valence-corrected chi connectivity index (χ2v) is 12.1. The van der Waals surface area contributed by atoms with E-state index < -0.39 is 8.32 Å². The Balaban J connectivity index is 2.04. The Kier molecular flexibility index (Phi) is 5.21. The van der Waals surface area contributed by atoms with Gasteiger partial charge in [-0.2, -0.15) is 0 Å². The van der Waals surface area contributed by atoms with Gasteiger partial charge in [0, 0.05) is 0 Å². The number of hydrogen-bond donors (Lipinski definition) is 1. The summed E-state index contributed by atoms with van der Waals surface area (Å²) < 4.78 is 12.0. The molecule has 4 nitrogen and oxygen atoms in total. The molecule has 1 amide bonds. The molecule has 1 saturated heterocycles. The minimum absolute atomic E-state index is 0.0809. The maximum Gasteiger partial charge on any atom is 0.407 e. The standard InChI is InChI=1S/C21H27NO3Si/c1-16-19(22-20(23)25-16)15-24-26(21(2,3)4,17-11-7-5-8-12-17)18-13-9-6-10-14-18/h5-14,16,19H,15H2,1-4H3,(H,22,23)/t16-,19-/m0/s1. The molecule has 0 saturated carbocycles. The minimum Gasteiger partial charge on any atom is -0.444 e. The summed E-state index contributed by atoms with van der Waals surface area (Å²) in [6.45, 7) is 9.06. The van der Waals surface area contributed by atoms with Crippen LogP contribution in [0.15, 0.2) is 60.7 Å². The predicted molar refractivity (Wildman–Crippen MR) is 106 cm³/mol. The molecule has 0 aromatic heterocycles. The van der Waals surface area contributed by atoms with Gasteiger partial charge >= 0.3 is 6.09 Å². The average Bonchev–Trinajstić information content (AvgIpc) is 2.94. The molecule has 0 bridgehead atoms. The van der Waals surface area contributed by atoms with Crippen molar-refractivity contribution >= 4 is 24.8 Å². The van der Waals surface area contributed by atoms with E-state index in [-0.39, 0.29) is 23.3 Å². The number of hydrogen-bond acceptors (Lipinski definition) is 3. The number of rotatable bonds is 5. The van der Waals surface area contributed by atoms with Gasteiger partial charge < -0.3 is 14.5 Å². The Bertz CT molecular complexity index is 703. The lowest BCUT2D eigenvalue weighted by Crippen LogP contribution is -2.67. The van der Waals surface area contributed by atoms with Crippen molar-refractivity contribution < 1.29 is 14.0 Å². The van der Waals surface area contributed by atoms with E-state index in [1.165, 1.54) is 10.4 Å². The maximum atomic E-state index is 11.5. The van der Waals surface area contributed by atoms with Crippen molar-refractivity contribution in [1.29, 1.82) is 0 Å². The largest absolute Gasteiger partial charge is 0.444 e. The number of alkyl carbamates (subject to hydrolysis) is 1. The summed E-state index contributed by atoms with van der Waals surface area (Å²) in [5, 5.41) is 5.25. The highest BCUT2D eigenvalue weighted by molar-refractivity contribution is 6.99. The molecule has 0 radical (unpaired) electrons. The third-order valence-electron chi connectivity index (χ3n) is 5.06. The van der Waals surface area contributed by atoms with Crippen LogP contribution in [0.2, 0.25) is 5.04 Å². The van der Waals surface area contributed by atoms with Crippen LogP contribution in [0.25, 0.3) is 0 Å². The van der Waals surface area contributed by atoms with E-state index in [4.69, 9.17) is 9.16 Å². The lowest BCUT2D eigenvalue weighted by molar-refractivity contribution is 0.131. The number of carbonyl (C=O) groups excluding carboxylic acids is 1. The van der Waals surface area contributed by atoms with Gasteiger partial charge in [0.25, 0.3) is 8.32 Å². The molecule has 0 aliphatic carbocycles. The van der Waals surface area contributed by atoms with Crippen LogP contribution in [0.5, 0.6) is 0 Å². The smallest absolute Gasteiger partial charge is 0.407 e. The molecule has 1 aliphatic rings. The second-order valence-electron chi connectivity index (χ2n) is 7.84. The quantitative estimate of drug-likeness (QED) is 0.824. The molecule has 1 fully saturated rings. The Labute approximate surface area is 156 Å². The maximum absolute atomic E-state index is 11.5. The van der Waals surface area contributed by atoms with E-state index in [2.05, 4.69) is 74.6 Å². The Hall–Kier alpha value is -2.11. The molecule has 0 unspecified atom stereocenters. The normalized spacial score (nSPS) is 20.5. The van der Waals surface area contributed by atoms with Crippen molar-refractivity contribution in [2.24, 2.45) is 0 Å². The highest BCUT2D eigenvalue weighted by atomic mass is 28.4. The molecule has 2 aromatic rings. The van der Waals surface area contributed by atoms with Crippen LogP contribution < -0.4 is 15.7 Å². The molecule has 2 atom stereocenters. The lowest BCUT2D eigenvalue weighted by atomic mass is 10.2. The first-order chi connectivity index (χ1) is 12.3. The van der Waals surface area contributed by atoms with E-state index in [9.17, 15) is 4.79 Å². The molecule has 26 heavy (non-hydrogen) atoms. The Morgan fingerprint density at radius 2 is 1.50 bits per heavy atom. The van der Waals surface area contributed by atoms with Gasteiger partial charge in [-0.25, -0.2) is 4.79 Å². The van der Waals surface area contributed by atoms with E-state index >= 15 is 0 Å².